The minimum Gasteiger partial charge on any atom is -0.486 e. The molecule has 0 radical (unpaired) electrons. The van der Waals surface area contributed by atoms with Gasteiger partial charge in [-0.15, -0.1) is 0 Å². The number of nitrogens with zero attached hydrogens (tertiary/aromatic N) is 1. The Hall–Kier alpha value is -2.58. The number of rotatable bonds is 4. The third-order valence-electron chi connectivity index (χ3n) is 3.48. The average Bonchev–Trinajstić information content (AvgIpc) is 2.61. The largest absolute Gasteiger partial charge is 0.486 e. The zero-order valence-electron chi connectivity index (χ0n) is 13.2. The molecule has 1 aliphatic rings. The van der Waals surface area contributed by atoms with Crippen LogP contribution in [0.2, 0.25) is 5.02 Å². The second-order valence-electron chi connectivity index (χ2n) is 5.27. The lowest BCUT2D eigenvalue weighted by molar-refractivity contribution is -0.384. The molecule has 0 saturated carbocycles. The van der Waals surface area contributed by atoms with E-state index in [4.69, 9.17) is 21.1 Å². The molecular weight excluding hydrogens is 428 g/mol. The molecule has 7 nitrogen and oxygen atoms in total. The van der Waals surface area contributed by atoms with Gasteiger partial charge in [0.15, 0.2) is 11.5 Å². The van der Waals surface area contributed by atoms with Crippen LogP contribution in [0.4, 0.5) is 11.4 Å². The number of benzene rings is 2. The van der Waals surface area contributed by atoms with Crippen molar-refractivity contribution in [1.29, 1.82) is 0 Å². The van der Waals surface area contributed by atoms with Crippen molar-refractivity contribution in [3.63, 3.8) is 0 Å². The van der Waals surface area contributed by atoms with E-state index >= 15 is 0 Å². The predicted molar refractivity (Wildman–Crippen MR) is 101 cm³/mol. The van der Waals surface area contributed by atoms with E-state index in [-0.39, 0.29) is 10.7 Å². The van der Waals surface area contributed by atoms with Gasteiger partial charge < -0.3 is 14.8 Å². The molecule has 1 heterocycles. The number of fused-ring (bicyclic) bond motifs is 1. The third-order valence-corrected chi connectivity index (χ3v) is 4.46. The topological polar surface area (TPSA) is 90.7 Å². The first-order valence-electron chi connectivity index (χ1n) is 7.46. The molecule has 1 N–H and O–H groups in total. The minimum absolute atomic E-state index is 0.0387. The molecule has 0 unspecified atom stereocenters. The first-order chi connectivity index (χ1) is 12.4. The van der Waals surface area contributed by atoms with Gasteiger partial charge in [0.1, 0.15) is 18.2 Å². The number of amides is 1. The summed E-state index contributed by atoms with van der Waals surface area (Å²) in [5, 5.41) is 13.6. The number of nitro groups is 1. The van der Waals surface area contributed by atoms with E-state index in [0.717, 1.165) is 0 Å². The third kappa shape index (κ3) is 4.14. The minimum atomic E-state index is -0.577. The van der Waals surface area contributed by atoms with Crippen molar-refractivity contribution in [2.24, 2.45) is 0 Å². The summed E-state index contributed by atoms with van der Waals surface area (Å²) in [5.74, 6) is 0.747. The van der Waals surface area contributed by atoms with Crippen molar-refractivity contribution in [2.45, 2.75) is 0 Å². The van der Waals surface area contributed by atoms with Crippen LogP contribution in [0, 0.1) is 10.1 Å². The number of nitro benzene ring substituents is 1. The molecular formula is C17H12BrClN2O5. The van der Waals surface area contributed by atoms with Crippen LogP contribution in [-0.2, 0) is 4.79 Å². The van der Waals surface area contributed by atoms with E-state index in [1.165, 1.54) is 24.3 Å². The quantitative estimate of drug-likeness (QED) is 0.432. The first kappa shape index (κ1) is 18.2. The molecule has 0 bridgehead atoms. The summed E-state index contributed by atoms with van der Waals surface area (Å²) < 4.78 is 11.6. The van der Waals surface area contributed by atoms with Crippen LogP contribution in [-0.4, -0.2) is 24.0 Å². The average molecular weight is 440 g/mol. The number of hydrogen-bond donors (Lipinski definition) is 1. The molecule has 2 aromatic carbocycles. The Balaban J connectivity index is 1.74. The van der Waals surface area contributed by atoms with Gasteiger partial charge in [0.25, 0.3) is 5.69 Å². The molecule has 0 spiro atoms. The van der Waals surface area contributed by atoms with Crippen molar-refractivity contribution >= 4 is 50.9 Å². The number of carbonyl (C=O) groups is 1. The lowest BCUT2D eigenvalue weighted by atomic mass is 10.2. The van der Waals surface area contributed by atoms with E-state index in [2.05, 4.69) is 21.2 Å². The molecule has 1 amide bonds. The second kappa shape index (κ2) is 7.76. The van der Waals surface area contributed by atoms with Gasteiger partial charge >= 0.3 is 0 Å². The fraction of sp³-hybridized carbons (Fsp3) is 0.118. The number of nitrogens with one attached hydrogen (secondary N) is 1. The number of ether oxygens (including phenoxy) is 2. The lowest BCUT2D eigenvalue weighted by Crippen LogP contribution is -2.16. The van der Waals surface area contributed by atoms with E-state index in [9.17, 15) is 14.9 Å². The fourth-order valence-electron chi connectivity index (χ4n) is 2.28. The zero-order valence-corrected chi connectivity index (χ0v) is 15.5. The van der Waals surface area contributed by atoms with E-state index in [1.807, 2.05) is 0 Å². The SMILES string of the molecule is O=C(/C=C/c1ccc(Cl)c([N+](=O)[O-])c1)Nc1cc2c(cc1Br)OCCO2. The van der Waals surface area contributed by atoms with Gasteiger partial charge in [-0.05, 0) is 33.6 Å². The Labute approximate surface area is 161 Å². The predicted octanol–water partition coefficient (Wildman–Crippen LogP) is 4.43. The van der Waals surface area contributed by atoms with Crippen molar-refractivity contribution < 1.29 is 19.2 Å². The maximum absolute atomic E-state index is 12.1. The molecule has 0 aromatic heterocycles. The second-order valence-corrected chi connectivity index (χ2v) is 6.53. The van der Waals surface area contributed by atoms with Crippen LogP contribution in [0.3, 0.4) is 0 Å². The van der Waals surface area contributed by atoms with Crippen LogP contribution in [0.15, 0.2) is 40.9 Å². The number of anilines is 1. The highest BCUT2D eigenvalue weighted by Gasteiger charge is 2.16. The van der Waals surface area contributed by atoms with Crippen LogP contribution in [0.25, 0.3) is 6.08 Å². The molecule has 0 saturated heterocycles. The van der Waals surface area contributed by atoms with Gasteiger partial charge in [-0.1, -0.05) is 17.7 Å². The van der Waals surface area contributed by atoms with Gasteiger partial charge in [0.2, 0.25) is 5.91 Å². The van der Waals surface area contributed by atoms with Crippen molar-refractivity contribution in [2.75, 3.05) is 18.5 Å². The van der Waals surface area contributed by atoms with Gasteiger partial charge in [0.05, 0.1) is 10.6 Å². The summed E-state index contributed by atoms with van der Waals surface area (Å²) >= 11 is 9.13. The Kier molecular flexibility index (Phi) is 5.43. The Bertz CT molecular complexity index is 916. The lowest BCUT2D eigenvalue weighted by Gasteiger charge is -2.19. The molecule has 1 aliphatic heterocycles. The van der Waals surface area contributed by atoms with Crippen LogP contribution in [0.5, 0.6) is 11.5 Å². The standard InChI is InChI=1S/C17H12BrClN2O5/c18-11-8-15-16(26-6-5-25-15)9-13(11)20-17(22)4-2-10-1-3-12(19)14(7-10)21(23)24/h1-4,7-9H,5-6H2,(H,20,22)/b4-2+. The molecule has 0 aliphatic carbocycles. The maximum Gasteiger partial charge on any atom is 0.288 e. The zero-order chi connectivity index (χ0) is 18.7. The van der Waals surface area contributed by atoms with Gasteiger partial charge in [-0.2, -0.15) is 0 Å². The smallest absolute Gasteiger partial charge is 0.288 e. The fourth-order valence-corrected chi connectivity index (χ4v) is 2.89. The maximum atomic E-state index is 12.1. The normalized spacial score (nSPS) is 12.8. The van der Waals surface area contributed by atoms with Gasteiger partial charge in [-0.3, -0.25) is 14.9 Å². The molecule has 134 valence electrons. The van der Waals surface area contributed by atoms with Crippen molar-refractivity contribution in [3.05, 3.63) is 61.6 Å². The molecule has 26 heavy (non-hydrogen) atoms. The molecule has 9 heteroatoms. The number of hydrogen-bond acceptors (Lipinski definition) is 5. The first-order valence-corrected chi connectivity index (χ1v) is 8.63. The monoisotopic (exact) mass is 438 g/mol. The summed E-state index contributed by atoms with van der Waals surface area (Å²) in [4.78, 5) is 22.5. The van der Waals surface area contributed by atoms with Gasteiger partial charge in [-0.25, -0.2) is 0 Å². The molecule has 0 fully saturated rings. The van der Waals surface area contributed by atoms with E-state index in [1.54, 1.807) is 18.2 Å². The van der Waals surface area contributed by atoms with Crippen LogP contribution >= 0.6 is 27.5 Å². The summed E-state index contributed by atoms with van der Waals surface area (Å²) in [6.07, 6.45) is 2.74. The molecule has 0 atom stereocenters. The summed E-state index contributed by atoms with van der Waals surface area (Å²) in [6.45, 7) is 0.915. The highest BCUT2D eigenvalue weighted by molar-refractivity contribution is 9.10. The van der Waals surface area contributed by atoms with Crippen LogP contribution < -0.4 is 14.8 Å². The Morgan fingerprint density at radius 2 is 1.92 bits per heavy atom. The highest BCUT2D eigenvalue weighted by atomic mass is 79.9. The van der Waals surface area contributed by atoms with Crippen molar-refractivity contribution in [3.8, 4) is 11.5 Å². The summed E-state index contributed by atoms with van der Waals surface area (Å²) in [5.41, 5.74) is 0.785. The van der Waals surface area contributed by atoms with E-state index < -0.39 is 10.8 Å². The highest BCUT2D eigenvalue weighted by Crippen LogP contribution is 2.38. The van der Waals surface area contributed by atoms with Gasteiger partial charge in [0, 0.05) is 28.7 Å². The van der Waals surface area contributed by atoms with Crippen molar-refractivity contribution in [1.82, 2.24) is 0 Å². The van der Waals surface area contributed by atoms with Crippen LogP contribution in [0.1, 0.15) is 5.56 Å². The number of halogens is 2. The Morgan fingerprint density at radius 1 is 1.23 bits per heavy atom. The summed E-state index contributed by atoms with van der Waals surface area (Å²) in [6, 6.07) is 7.67. The Morgan fingerprint density at radius 3 is 2.62 bits per heavy atom. The molecule has 2 aromatic rings. The number of carbonyl (C=O) groups excluding carboxylic acids is 1. The summed E-state index contributed by atoms with van der Waals surface area (Å²) in [7, 11) is 0. The van der Waals surface area contributed by atoms with E-state index in [0.29, 0.717) is 40.4 Å². The molecule has 3 rings (SSSR count).